The lowest BCUT2D eigenvalue weighted by Crippen LogP contribution is -2.10. The van der Waals surface area contributed by atoms with E-state index in [2.05, 4.69) is 0 Å². The van der Waals surface area contributed by atoms with E-state index in [9.17, 15) is 20.4 Å². The maximum Gasteiger partial charge on any atom is 0.127 e. The molecule has 0 aliphatic heterocycles. The molecule has 2 aromatic carbocycles. The molecule has 4 nitrogen and oxygen atoms in total. The fourth-order valence-corrected chi connectivity index (χ4v) is 3.32. The fourth-order valence-electron chi connectivity index (χ4n) is 1.71. The smallest absolute Gasteiger partial charge is 0.127 e. The number of aromatic hydroxyl groups is 2. The van der Waals surface area contributed by atoms with Crippen molar-refractivity contribution in [2.45, 2.75) is 22.3 Å². The van der Waals surface area contributed by atoms with E-state index in [1.165, 1.54) is 17.2 Å². The van der Waals surface area contributed by atoms with Gasteiger partial charge >= 0.3 is 0 Å². The molecule has 0 aromatic heterocycles. The van der Waals surface area contributed by atoms with Crippen LogP contribution < -0.4 is 0 Å². The Morgan fingerprint density at radius 3 is 2.00 bits per heavy atom. The van der Waals surface area contributed by atoms with Crippen molar-refractivity contribution in [3.8, 4) is 11.5 Å². The number of aliphatic hydroxyl groups is 2. The summed E-state index contributed by atoms with van der Waals surface area (Å²) in [4.78, 5) is 1.86. The summed E-state index contributed by atoms with van der Waals surface area (Å²) < 4.78 is 0. The lowest BCUT2D eigenvalue weighted by molar-refractivity contribution is 0.151. The van der Waals surface area contributed by atoms with Crippen molar-refractivity contribution in [2.24, 2.45) is 0 Å². The van der Waals surface area contributed by atoms with Crippen molar-refractivity contribution in [1.82, 2.24) is 0 Å². The topological polar surface area (TPSA) is 80.9 Å². The summed E-state index contributed by atoms with van der Waals surface area (Å²) in [6.45, 7) is 0. The van der Waals surface area contributed by atoms with Gasteiger partial charge in [0.1, 0.15) is 23.4 Å². The largest absolute Gasteiger partial charge is 0.509 e. The maximum atomic E-state index is 9.94. The second kappa shape index (κ2) is 8.76. The minimum atomic E-state index is -0.913. The lowest BCUT2D eigenvalue weighted by atomic mass is 10.2. The van der Waals surface area contributed by atoms with E-state index in [4.69, 9.17) is 0 Å². The first kappa shape index (κ1) is 17.6. The molecule has 0 bridgehead atoms. The first-order chi connectivity index (χ1) is 11.0. The SMILES string of the molecule is O/C(=C\Sc1ccc(O)cc1)C(O)CCSc1ccc(O)cc1. The molecule has 0 fully saturated rings. The van der Waals surface area contributed by atoms with Crippen LogP contribution >= 0.6 is 23.5 Å². The minimum Gasteiger partial charge on any atom is -0.509 e. The molecule has 0 amide bonds. The molecule has 2 rings (SSSR count). The standard InChI is InChI=1S/C17H18O4S2/c18-12-1-5-14(6-2-12)22-10-9-16(20)17(21)11-23-15-7-3-13(19)4-8-15/h1-8,11,16,18-21H,9-10H2/b17-11-. The van der Waals surface area contributed by atoms with Crippen LogP contribution in [-0.2, 0) is 0 Å². The van der Waals surface area contributed by atoms with E-state index in [1.807, 2.05) is 12.1 Å². The van der Waals surface area contributed by atoms with Gasteiger partial charge in [0.2, 0.25) is 0 Å². The molecule has 4 N–H and O–H groups in total. The highest BCUT2D eigenvalue weighted by atomic mass is 32.2. The van der Waals surface area contributed by atoms with Crippen LogP contribution in [0, 0.1) is 0 Å². The molecular weight excluding hydrogens is 332 g/mol. The Morgan fingerprint density at radius 2 is 1.43 bits per heavy atom. The van der Waals surface area contributed by atoms with E-state index in [-0.39, 0.29) is 17.3 Å². The molecule has 1 atom stereocenters. The first-order valence-electron chi connectivity index (χ1n) is 6.99. The van der Waals surface area contributed by atoms with Crippen LogP contribution in [-0.4, -0.2) is 32.3 Å². The normalized spacial score (nSPS) is 13.0. The van der Waals surface area contributed by atoms with Crippen LogP contribution in [0.3, 0.4) is 0 Å². The molecule has 23 heavy (non-hydrogen) atoms. The second-order valence-corrected chi connectivity index (χ2v) is 6.91. The van der Waals surface area contributed by atoms with Gasteiger partial charge in [-0.3, -0.25) is 0 Å². The Bertz CT molecular complexity index is 639. The summed E-state index contributed by atoms with van der Waals surface area (Å²) in [5.41, 5.74) is 0. The summed E-state index contributed by atoms with van der Waals surface area (Å²) in [6.07, 6.45) is -0.492. The van der Waals surface area contributed by atoms with Crippen LogP contribution in [0.5, 0.6) is 11.5 Å². The van der Waals surface area contributed by atoms with Gasteiger partial charge in [0.25, 0.3) is 0 Å². The number of phenols is 2. The van der Waals surface area contributed by atoms with Crippen molar-refractivity contribution in [3.05, 3.63) is 59.7 Å². The predicted octanol–water partition coefficient (Wildman–Crippen LogP) is 4.13. The summed E-state index contributed by atoms with van der Waals surface area (Å²) in [5, 5.41) is 39.7. The van der Waals surface area contributed by atoms with Crippen LogP contribution in [0.2, 0.25) is 0 Å². The van der Waals surface area contributed by atoms with Gasteiger partial charge < -0.3 is 20.4 Å². The molecule has 6 heteroatoms. The van der Waals surface area contributed by atoms with E-state index < -0.39 is 6.10 Å². The molecule has 122 valence electrons. The van der Waals surface area contributed by atoms with Crippen molar-refractivity contribution in [3.63, 3.8) is 0 Å². The van der Waals surface area contributed by atoms with E-state index >= 15 is 0 Å². The Hall–Kier alpha value is -1.76. The zero-order valence-electron chi connectivity index (χ0n) is 12.3. The number of aliphatic hydroxyl groups excluding tert-OH is 2. The van der Waals surface area contributed by atoms with Crippen molar-refractivity contribution < 1.29 is 20.4 Å². The van der Waals surface area contributed by atoms with Gasteiger partial charge in [0.15, 0.2) is 0 Å². The highest BCUT2D eigenvalue weighted by molar-refractivity contribution is 8.02. The third kappa shape index (κ3) is 6.09. The Morgan fingerprint density at radius 1 is 0.913 bits per heavy atom. The Labute approximate surface area is 143 Å². The van der Waals surface area contributed by atoms with Crippen LogP contribution in [0.1, 0.15) is 6.42 Å². The first-order valence-corrected chi connectivity index (χ1v) is 8.86. The summed E-state index contributed by atoms with van der Waals surface area (Å²) in [7, 11) is 0. The summed E-state index contributed by atoms with van der Waals surface area (Å²) in [5.74, 6) is 0.984. The number of hydrogen-bond acceptors (Lipinski definition) is 6. The average Bonchev–Trinajstić information content (AvgIpc) is 2.55. The van der Waals surface area contributed by atoms with Crippen LogP contribution in [0.25, 0.3) is 0 Å². The quantitative estimate of drug-likeness (QED) is 0.444. The molecule has 0 radical (unpaired) electrons. The van der Waals surface area contributed by atoms with Gasteiger partial charge in [-0.15, -0.1) is 11.8 Å². The zero-order chi connectivity index (χ0) is 16.7. The predicted molar refractivity (Wildman–Crippen MR) is 94.1 cm³/mol. The van der Waals surface area contributed by atoms with Crippen LogP contribution in [0.4, 0.5) is 0 Å². The third-order valence-electron chi connectivity index (χ3n) is 2.99. The molecular formula is C17H18O4S2. The zero-order valence-corrected chi connectivity index (χ0v) is 13.9. The number of hydrogen-bond donors (Lipinski definition) is 4. The lowest BCUT2D eigenvalue weighted by Gasteiger charge is -2.09. The Balaban J connectivity index is 1.77. The Kier molecular flexibility index (Phi) is 6.70. The monoisotopic (exact) mass is 350 g/mol. The number of benzene rings is 2. The molecule has 0 aliphatic carbocycles. The van der Waals surface area contributed by atoms with Gasteiger partial charge in [-0.05, 0) is 55.0 Å². The maximum absolute atomic E-state index is 9.94. The highest BCUT2D eigenvalue weighted by Gasteiger charge is 2.09. The van der Waals surface area contributed by atoms with Gasteiger partial charge in [0.05, 0.1) is 0 Å². The fraction of sp³-hybridized carbons (Fsp3) is 0.176. The summed E-state index contributed by atoms with van der Waals surface area (Å²) >= 11 is 2.83. The highest BCUT2D eigenvalue weighted by Crippen LogP contribution is 2.25. The molecule has 0 saturated carbocycles. The molecule has 0 saturated heterocycles. The molecule has 2 aromatic rings. The molecule has 1 unspecified atom stereocenters. The number of rotatable bonds is 7. The van der Waals surface area contributed by atoms with Crippen molar-refractivity contribution >= 4 is 23.5 Å². The van der Waals surface area contributed by atoms with E-state index in [1.54, 1.807) is 48.2 Å². The van der Waals surface area contributed by atoms with Crippen molar-refractivity contribution in [1.29, 1.82) is 0 Å². The molecule has 0 aliphatic rings. The van der Waals surface area contributed by atoms with E-state index in [0.717, 1.165) is 9.79 Å². The van der Waals surface area contributed by atoms with Gasteiger partial charge in [-0.2, -0.15) is 0 Å². The number of thioether (sulfide) groups is 2. The van der Waals surface area contributed by atoms with E-state index in [0.29, 0.717) is 12.2 Å². The second-order valence-electron chi connectivity index (χ2n) is 4.80. The van der Waals surface area contributed by atoms with Gasteiger partial charge in [-0.25, -0.2) is 0 Å². The molecule has 0 spiro atoms. The molecule has 0 heterocycles. The third-order valence-corrected chi connectivity index (χ3v) is 4.94. The minimum absolute atomic E-state index is 0.0746. The van der Waals surface area contributed by atoms with Crippen LogP contribution in [0.15, 0.2) is 69.5 Å². The van der Waals surface area contributed by atoms with Crippen molar-refractivity contribution in [2.75, 3.05) is 5.75 Å². The summed E-state index contributed by atoms with van der Waals surface area (Å²) in [6, 6.07) is 13.4. The van der Waals surface area contributed by atoms with Gasteiger partial charge in [0, 0.05) is 21.0 Å². The average molecular weight is 350 g/mol. The van der Waals surface area contributed by atoms with Gasteiger partial charge in [-0.1, -0.05) is 11.8 Å². The number of phenolic OH excluding ortho intramolecular Hbond substituents is 2.